The third-order valence-electron chi connectivity index (χ3n) is 4.06. The van der Waals surface area contributed by atoms with E-state index in [4.69, 9.17) is 14.7 Å². The summed E-state index contributed by atoms with van der Waals surface area (Å²) < 4.78 is 11.5. The first-order chi connectivity index (χ1) is 12.3. The minimum atomic E-state index is 0.403. The molecule has 0 aliphatic heterocycles. The highest BCUT2D eigenvalue weighted by Crippen LogP contribution is 2.26. The van der Waals surface area contributed by atoms with Crippen LogP contribution in [-0.4, -0.2) is 24.6 Å². The van der Waals surface area contributed by atoms with Crippen molar-refractivity contribution in [2.75, 3.05) is 13.2 Å². The average Bonchev–Trinajstić information content (AvgIpc) is 2.67. The monoisotopic (exact) mass is 335 g/mol. The Morgan fingerprint density at radius 3 is 2.44 bits per heavy atom. The van der Waals surface area contributed by atoms with E-state index < -0.39 is 0 Å². The summed E-state index contributed by atoms with van der Waals surface area (Å²) in [7, 11) is 0. The molecule has 3 rings (SSSR count). The summed E-state index contributed by atoms with van der Waals surface area (Å²) in [5.74, 6) is 1.50. The summed E-state index contributed by atoms with van der Waals surface area (Å²) in [5.41, 5.74) is 2.04. The predicted octanol–water partition coefficient (Wildman–Crippen LogP) is 4.67. The van der Waals surface area contributed by atoms with E-state index in [2.05, 4.69) is 24.2 Å². The van der Waals surface area contributed by atoms with Gasteiger partial charge in [0.1, 0.15) is 24.7 Å². The molecular weight excluding hydrogens is 314 g/mol. The SMILES string of the molecule is CCc1ccc(OCCOc2ccc3ccccc3c2C=NO)cc1. The van der Waals surface area contributed by atoms with Crippen molar-refractivity contribution in [1.82, 2.24) is 0 Å². The van der Waals surface area contributed by atoms with Crippen molar-refractivity contribution in [2.24, 2.45) is 5.16 Å². The van der Waals surface area contributed by atoms with E-state index in [-0.39, 0.29) is 0 Å². The molecule has 0 saturated heterocycles. The van der Waals surface area contributed by atoms with Gasteiger partial charge >= 0.3 is 0 Å². The molecule has 0 atom stereocenters. The van der Waals surface area contributed by atoms with Gasteiger partial charge in [0, 0.05) is 5.56 Å². The summed E-state index contributed by atoms with van der Waals surface area (Å²) in [6.45, 7) is 2.97. The Labute approximate surface area is 147 Å². The van der Waals surface area contributed by atoms with Crippen molar-refractivity contribution in [3.05, 3.63) is 71.8 Å². The minimum Gasteiger partial charge on any atom is -0.490 e. The molecule has 0 amide bonds. The lowest BCUT2D eigenvalue weighted by Gasteiger charge is -2.12. The highest BCUT2D eigenvalue weighted by molar-refractivity contribution is 6.02. The zero-order valence-corrected chi connectivity index (χ0v) is 14.2. The molecule has 0 heterocycles. The molecule has 25 heavy (non-hydrogen) atoms. The van der Waals surface area contributed by atoms with E-state index in [1.807, 2.05) is 48.5 Å². The highest BCUT2D eigenvalue weighted by Gasteiger charge is 2.07. The molecule has 0 aliphatic carbocycles. The van der Waals surface area contributed by atoms with E-state index in [1.165, 1.54) is 11.8 Å². The Morgan fingerprint density at radius 1 is 0.920 bits per heavy atom. The van der Waals surface area contributed by atoms with Crippen LogP contribution in [0.3, 0.4) is 0 Å². The Bertz CT molecular complexity index is 857. The maximum absolute atomic E-state index is 8.96. The van der Waals surface area contributed by atoms with Gasteiger partial charge in [0.15, 0.2) is 0 Å². The van der Waals surface area contributed by atoms with Gasteiger partial charge in [-0.25, -0.2) is 0 Å². The molecule has 4 nitrogen and oxygen atoms in total. The number of rotatable bonds is 7. The van der Waals surface area contributed by atoms with Crippen molar-refractivity contribution >= 4 is 17.0 Å². The van der Waals surface area contributed by atoms with Crippen LogP contribution in [-0.2, 0) is 6.42 Å². The quantitative estimate of drug-likeness (QED) is 0.295. The first-order valence-corrected chi connectivity index (χ1v) is 8.35. The smallest absolute Gasteiger partial charge is 0.129 e. The van der Waals surface area contributed by atoms with Crippen molar-refractivity contribution in [3.8, 4) is 11.5 Å². The minimum absolute atomic E-state index is 0.403. The first-order valence-electron chi connectivity index (χ1n) is 8.35. The number of nitrogens with zero attached hydrogens (tertiary/aromatic N) is 1. The Kier molecular flexibility index (Phi) is 5.52. The first kappa shape index (κ1) is 16.8. The molecule has 4 heteroatoms. The van der Waals surface area contributed by atoms with Crippen molar-refractivity contribution in [1.29, 1.82) is 0 Å². The fourth-order valence-electron chi connectivity index (χ4n) is 2.72. The topological polar surface area (TPSA) is 51.0 Å². The lowest BCUT2D eigenvalue weighted by Crippen LogP contribution is -2.10. The molecule has 3 aromatic carbocycles. The summed E-state index contributed by atoms with van der Waals surface area (Å²) in [6, 6.07) is 19.9. The third-order valence-corrected chi connectivity index (χ3v) is 4.06. The molecule has 0 radical (unpaired) electrons. The molecule has 1 N–H and O–H groups in total. The lowest BCUT2D eigenvalue weighted by atomic mass is 10.0. The molecule has 0 aliphatic rings. The van der Waals surface area contributed by atoms with Crippen LogP contribution in [0.1, 0.15) is 18.1 Å². The van der Waals surface area contributed by atoms with Crippen LogP contribution in [0.25, 0.3) is 10.8 Å². The number of hydrogen-bond donors (Lipinski definition) is 1. The zero-order valence-electron chi connectivity index (χ0n) is 14.2. The number of ether oxygens (including phenoxy) is 2. The summed E-state index contributed by atoms with van der Waals surface area (Å²) in [6.07, 6.45) is 2.42. The number of aryl methyl sites for hydroxylation is 1. The highest BCUT2D eigenvalue weighted by atomic mass is 16.5. The zero-order chi connectivity index (χ0) is 17.5. The van der Waals surface area contributed by atoms with E-state index in [0.29, 0.717) is 19.0 Å². The molecule has 0 unspecified atom stereocenters. The molecule has 3 aromatic rings. The van der Waals surface area contributed by atoms with Crippen LogP contribution in [0.2, 0.25) is 0 Å². The average molecular weight is 335 g/mol. The van der Waals surface area contributed by atoms with Gasteiger partial charge in [-0.3, -0.25) is 0 Å². The van der Waals surface area contributed by atoms with Crippen LogP contribution >= 0.6 is 0 Å². The molecule has 0 saturated carbocycles. The lowest BCUT2D eigenvalue weighted by molar-refractivity contribution is 0.217. The summed E-state index contributed by atoms with van der Waals surface area (Å²) >= 11 is 0. The molecular formula is C21H21NO3. The second kappa shape index (κ2) is 8.20. The van der Waals surface area contributed by atoms with Crippen LogP contribution in [0.4, 0.5) is 0 Å². The number of oxime groups is 1. The second-order valence-corrected chi connectivity index (χ2v) is 5.64. The fourth-order valence-corrected chi connectivity index (χ4v) is 2.72. The second-order valence-electron chi connectivity index (χ2n) is 5.64. The van der Waals surface area contributed by atoms with Gasteiger partial charge in [0.05, 0.1) is 6.21 Å². The number of fused-ring (bicyclic) bond motifs is 1. The van der Waals surface area contributed by atoms with E-state index in [1.54, 1.807) is 0 Å². The fraction of sp³-hybridized carbons (Fsp3) is 0.190. The summed E-state index contributed by atoms with van der Waals surface area (Å²) in [4.78, 5) is 0. The molecule has 0 spiro atoms. The Morgan fingerprint density at radius 2 is 1.68 bits per heavy atom. The van der Waals surface area contributed by atoms with Gasteiger partial charge in [0.2, 0.25) is 0 Å². The van der Waals surface area contributed by atoms with Crippen LogP contribution in [0.5, 0.6) is 11.5 Å². The molecule has 0 fully saturated rings. The van der Waals surface area contributed by atoms with Crippen LogP contribution in [0, 0.1) is 0 Å². The number of hydrogen-bond acceptors (Lipinski definition) is 4. The van der Waals surface area contributed by atoms with E-state index in [9.17, 15) is 0 Å². The van der Waals surface area contributed by atoms with Gasteiger partial charge in [-0.15, -0.1) is 0 Å². The standard InChI is InChI=1S/C21H21NO3/c1-2-16-7-10-18(11-8-16)24-13-14-25-21-12-9-17-5-3-4-6-19(17)20(21)15-22-23/h3-12,15,23H,2,13-14H2,1H3. The summed E-state index contributed by atoms with van der Waals surface area (Å²) in [5, 5.41) is 14.2. The van der Waals surface area contributed by atoms with Gasteiger partial charge < -0.3 is 14.7 Å². The third kappa shape index (κ3) is 4.10. The van der Waals surface area contributed by atoms with Crippen molar-refractivity contribution in [3.63, 3.8) is 0 Å². The van der Waals surface area contributed by atoms with Crippen molar-refractivity contribution in [2.45, 2.75) is 13.3 Å². The number of benzene rings is 3. The van der Waals surface area contributed by atoms with Crippen molar-refractivity contribution < 1.29 is 14.7 Å². The van der Waals surface area contributed by atoms with Gasteiger partial charge in [-0.2, -0.15) is 0 Å². The van der Waals surface area contributed by atoms with Gasteiger partial charge in [-0.05, 0) is 41.0 Å². The predicted molar refractivity (Wildman–Crippen MR) is 100 cm³/mol. The molecule has 0 aromatic heterocycles. The molecule has 128 valence electrons. The van der Waals surface area contributed by atoms with Gasteiger partial charge in [-0.1, -0.05) is 54.5 Å². The van der Waals surface area contributed by atoms with E-state index in [0.717, 1.165) is 28.5 Å². The maximum atomic E-state index is 8.96. The maximum Gasteiger partial charge on any atom is 0.129 e. The van der Waals surface area contributed by atoms with E-state index >= 15 is 0 Å². The largest absolute Gasteiger partial charge is 0.490 e. The van der Waals surface area contributed by atoms with Crippen LogP contribution in [0.15, 0.2) is 65.8 Å². The Balaban J connectivity index is 1.65. The van der Waals surface area contributed by atoms with Crippen LogP contribution < -0.4 is 9.47 Å². The van der Waals surface area contributed by atoms with Gasteiger partial charge in [0.25, 0.3) is 0 Å². The normalized spacial score (nSPS) is 11.1. The molecule has 0 bridgehead atoms. The Hall–Kier alpha value is -3.01.